The number of hydrogen-bond donors (Lipinski definition) is 1. The Labute approximate surface area is 120 Å². The number of amides is 1. The maximum Gasteiger partial charge on any atom is 0.257 e. The molecule has 1 saturated heterocycles. The van der Waals surface area contributed by atoms with Gasteiger partial charge in [-0.1, -0.05) is 11.6 Å². The van der Waals surface area contributed by atoms with Gasteiger partial charge >= 0.3 is 0 Å². The van der Waals surface area contributed by atoms with Gasteiger partial charge in [0.05, 0.1) is 12.7 Å². The van der Waals surface area contributed by atoms with Gasteiger partial charge in [0.25, 0.3) is 5.91 Å². The van der Waals surface area contributed by atoms with Gasteiger partial charge < -0.3 is 15.4 Å². The number of nitrogens with zero attached hydrogens (tertiary/aromatic N) is 1. The van der Waals surface area contributed by atoms with Crippen LogP contribution in [0.2, 0.25) is 0 Å². The monoisotopic (exact) mass is 276 g/mol. The summed E-state index contributed by atoms with van der Waals surface area (Å²) < 4.78 is 5.34. The van der Waals surface area contributed by atoms with Crippen LogP contribution in [0.25, 0.3) is 0 Å². The van der Waals surface area contributed by atoms with Gasteiger partial charge in [-0.15, -0.1) is 0 Å². The fraction of sp³-hybridized carbons (Fsp3) is 0.562. The smallest absolute Gasteiger partial charge is 0.257 e. The van der Waals surface area contributed by atoms with E-state index in [1.165, 1.54) is 6.42 Å². The van der Waals surface area contributed by atoms with Crippen molar-refractivity contribution in [3.8, 4) is 5.75 Å². The first-order chi connectivity index (χ1) is 9.67. The van der Waals surface area contributed by atoms with E-state index in [1.54, 1.807) is 7.11 Å². The third-order valence-corrected chi connectivity index (χ3v) is 3.97. The molecule has 20 heavy (non-hydrogen) atoms. The lowest BCUT2D eigenvalue weighted by Gasteiger charge is -2.36. The number of methoxy groups -OCH3 is 1. The second-order valence-electron chi connectivity index (χ2n) is 5.43. The van der Waals surface area contributed by atoms with E-state index in [9.17, 15) is 4.79 Å². The molecule has 0 saturated carbocycles. The van der Waals surface area contributed by atoms with Crippen molar-refractivity contribution in [2.75, 3.05) is 20.2 Å². The molecule has 0 aromatic heterocycles. The first kappa shape index (κ1) is 14.9. The summed E-state index contributed by atoms with van der Waals surface area (Å²) in [5.41, 5.74) is 7.41. The molecule has 1 fully saturated rings. The van der Waals surface area contributed by atoms with Crippen molar-refractivity contribution < 1.29 is 9.53 Å². The minimum absolute atomic E-state index is 0.0729. The zero-order valence-electron chi connectivity index (χ0n) is 12.4. The summed E-state index contributed by atoms with van der Waals surface area (Å²) in [7, 11) is 1.61. The molecule has 1 aromatic rings. The number of carbonyl (C=O) groups is 1. The summed E-state index contributed by atoms with van der Waals surface area (Å²) in [5, 5.41) is 0. The van der Waals surface area contributed by atoms with Crippen LogP contribution in [0.1, 0.15) is 41.6 Å². The Bertz CT molecular complexity index is 472. The molecule has 1 amide bonds. The molecule has 110 valence electrons. The van der Waals surface area contributed by atoms with Crippen LogP contribution in [0.15, 0.2) is 18.2 Å². The van der Waals surface area contributed by atoms with Crippen molar-refractivity contribution in [2.45, 2.75) is 38.6 Å². The number of ether oxygens (including phenoxy) is 1. The van der Waals surface area contributed by atoms with Crippen molar-refractivity contribution in [2.24, 2.45) is 5.73 Å². The van der Waals surface area contributed by atoms with Gasteiger partial charge in [0.1, 0.15) is 5.75 Å². The zero-order chi connectivity index (χ0) is 14.5. The minimum atomic E-state index is 0.0729. The third-order valence-electron chi connectivity index (χ3n) is 3.97. The van der Waals surface area contributed by atoms with Crippen LogP contribution in [0.3, 0.4) is 0 Å². The highest BCUT2D eigenvalue weighted by Gasteiger charge is 2.28. The van der Waals surface area contributed by atoms with Gasteiger partial charge in [0, 0.05) is 12.6 Å². The van der Waals surface area contributed by atoms with Gasteiger partial charge in [-0.3, -0.25) is 4.79 Å². The molecule has 1 aliphatic rings. The van der Waals surface area contributed by atoms with Crippen LogP contribution in [-0.2, 0) is 0 Å². The van der Waals surface area contributed by atoms with Gasteiger partial charge in [-0.05, 0) is 51.3 Å². The molecular formula is C16H24N2O2. The molecule has 1 aliphatic heterocycles. The molecule has 1 aromatic carbocycles. The fourth-order valence-electron chi connectivity index (χ4n) is 2.90. The van der Waals surface area contributed by atoms with Crippen molar-refractivity contribution in [3.63, 3.8) is 0 Å². The molecule has 1 heterocycles. The lowest BCUT2D eigenvalue weighted by Crippen LogP contribution is -2.44. The minimum Gasteiger partial charge on any atom is -0.496 e. The van der Waals surface area contributed by atoms with Gasteiger partial charge in [0.15, 0.2) is 0 Å². The Morgan fingerprint density at radius 3 is 2.95 bits per heavy atom. The van der Waals surface area contributed by atoms with Crippen LogP contribution < -0.4 is 10.5 Å². The summed E-state index contributed by atoms with van der Waals surface area (Å²) in [6, 6.07) is 6.01. The molecule has 0 radical (unpaired) electrons. The highest BCUT2D eigenvalue weighted by atomic mass is 16.5. The van der Waals surface area contributed by atoms with Gasteiger partial charge in [-0.25, -0.2) is 0 Å². The highest BCUT2D eigenvalue weighted by molar-refractivity contribution is 5.97. The number of hydrogen-bond acceptors (Lipinski definition) is 3. The van der Waals surface area contributed by atoms with E-state index in [4.69, 9.17) is 10.5 Å². The largest absolute Gasteiger partial charge is 0.496 e. The van der Waals surface area contributed by atoms with E-state index in [1.807, 2.05) is 30.0 Å². The Hall–Kier alpha value is -1.55. The Morgan fingerprint density at radius 1 is 1.45 bits per heavy atom. The second-order valence-corrected chi connectivity index (χ2v) is 5.43. The maximum atomic E-state index is 12.8. The Morgan fingerprint density at radius 2 is 2.25 bits per heavy atom. The Balaban J connectivity index is 2.26. The van der Waals surface area contributed by atoms with Crippen LogP contribution in [0.5, 0.6) is 5.75 Å². The normalized spacial score (nSPS) is 18.9. The fourth-order valence-corrected chi connectivity index (χ4v) is 2.90. The lowest BCUT2D eigenvalue weighted by molar-refractivity contribution is 0.0601. The van der Waals surface area contributed by atoms with Crippen molar-refractivity contribution in [1.29, 1.82) is 0 Å². The van der Waals surface area contributed by atoms with E-state index in [2.05, 4.69) is 0 Å². The number of rotatable bonds is 4. The number of nitrogens with two attached hydrogens (primary N) is 1. The predicted molar refractivity (Wildman–Crippen MR) is 80.1 cm³/mol. The van der Waals surface area contributed by atoms with E-state index >= 15 is 0 Å². The molecule has 0 aliphatic carbocycles. The van der Waals surface area contributed by atoms with Crippen LogP contribution >= 0.6 is 0 Å². The topological polar surface area (TPSA) is 55.6 Å². The molecule has 2 N–H and O–H groups in total. The lowest BCUT2D eigenvalue weighted by atomic mass is 9.97. The average Bonchev–Trinajstić information content (AvgIpc) is 2.47. The molecule has 2 rings (SSSR count). The number of carbonyl (C=O) groups excluding carboxylic acids is 1. The van der Waals surface area contributed by atoms with Crippen molar-refractivity contribution in [1.82, 2.24) is 4.90 Å². The summed E-state index contributed by atoms with van der Waals surface area (Å²) in [4.78, 5) is 14.8. The quantitative estimate of drug-likeness (QED) is 0.918. The molecule has 4 nitrogen and oxygen atoms in total. The van der Waals surface area contributed by atoms with Crippen molar-refractivity contribution >= 4 is 5.91 Å². The van der Waals surface area contributed by atoms with E-state index < -0.39 is 0 Å². The predicted octanol–water partition coefficient (Wildman–Crippen LogP) is 2.35. The van der Waals surface area contributed by atoms with E-state index in [0.717, 1.165) is 31.4 Å². The van der Waals surface area contributed by atoms with Gasteiger partial charge in [-0.2, -0.15) is 0 Å². The average molecular weight is 276 g/mol. The first-order valence-corrected chi connectivity index (χ1v) is 7.33. The molecule has 4 heteroatoms. The molecule has 1 atom stereocenters. The number of benzene rings is 1. The van der Waals surface area contributed by atoms with Crippen LogP contribution in [-0.4, -0.2) is 37.0 Å². The SMILES string of the molecule is COc1ccc(C)cc1C(=O)N1CCCCC1CCN. The number of likely N-dealkylation sites (tertiary alicyclic amines) is 1. The second kappa shape index (κ2) is 6.75. The van der Waals surface area contributed by atoms with Crippen LogP contribution in [0.4, 0.5) is 0 Å². The highest BCUT2D eigenvalue weighted by Crippen LogP contribution is 2.26. The summed E-state index contributed by atoms with van der Waals surface area (Å²) >= 11 is 0. The third kappa shape index (κ3) is 3.12. The Kier molecular flexibility index (Phi) is 5.01. The molecular weight excluding hydrogens is 252 g/mol. The number of aryl methyl sites for hydroxylation is 1. The first-order valence-electron chi connectivity index (χ1n) is 7.33. The zero-order valence-corrected chi connectivity index (χ0v) is 12.4. The summed E-state index contributed by atoms with van der Waals surface area (Å²) in [5.74, 6) is 0.723. The summed E-state index contributed by atoms with van der Waals surface area (Å²) in [6.45, 7) is 3.43. The van der Waals surface area contributed by atoms with Gasteiger partial charge in [0.2, 0.25) is 0 Å². The van der Waals surface area contributed by atoms with E-state index in [0.29, 0.717) is 17.9 Å². The molecule has 1 unspecified atom stereocenters. The molecule has 0 spiro atoms. The number of piperidine rings is 1. The maximum absolute atomic E-state index is 12.8. The summed E-state index contributed by atoms with van der Waals surface area (Å²) in [6.07, 6.45) is 4.18. The van der Waals surface area contributed by atoms with E-state index in [-0.39, 0.29) is 11.9 Å². The van der Waals surface area contributed by atoms with Crippen LogP contribution in [0, 0.1) is 6.92 Å². The molecule has 0 bridgehead atoms. The van der Waals surface area contributed by atoms with Crippen molar-refractivity contribution in [3.05, 3.63) is 29.3 Å². The standard InChI is InChI=1S/C16H24N2O2/c1-12-6-7-15(20-2)14(11-12)16(19)18-10-4-3-5-13(18)8-9-17/h6-7,11,13H,3-5,8-10,17H2,1-2H3.